The van der Waals surface area contributed by atoms with E-state index >= 15 is 0 Å². The predicted molar refractivity (Wildman–Crippen MR) is 88.9 cm³/mol. The van der Waals surface area contributed by atoms with Crippen LogP contribution in [0.2, 0.25) is 0 Å². The number of aliphatic hydroxyl groups excluding tert-OH is 1. The van der Waals surface area contributed by atoms with Crippen molar-refractivity contribution >= 4 is 10.8 Å². The zero-order chi connectivity index (χ0) is 15.7. The Morgan fingerprint density at radius 2 is 2.14 bits per heavy atom. The van der Waals surface area contributed by atoms with Crippen molar-refractivity contribution in [2.24, 2.45) is 11.8 Å². The van der Waals surface area contributed by atoms with Crippen LogP contribution in [0.1, 0.15) is 33.1 Å². The van der Waals surface area contributed by atoms with Gasteiger partial charge in [0.15, 0.2) is 0 Å². The molecule has 2 N–H and O–H groups in total. The van der Waals surface area contributed by atoms with Gasteiger partial charge in [0.2, 0.25) is 0 Å². The van der Waals surface area contributed by atoms with Crippen LogP contribution >= 0.6 is 0 Å². The third-order valence-corrected chi connectivity index (χ3v) is 4.91. The summed E-state index contributed by atoms with van der Waals surface area (Å²) in [6.07, 6.45) is 8.79. The maximum absolute atomic E-state index is 11.0. The molecular formula is C16H31NO3S. The number of hydrogen-bond acceptors (Lipinski definition) is 4. The predicted octanol–water partition coefficient (Wildman–Crippen LogP) is 1.71. The molecule has 5 atom stereocenters. The van der Waals surface area contributed by atoms with Crippen LogP contribution in [0.5, 0.6) is 0 Å². The molecule has 0 aromatic rings. The van der Waals surface area contributed by atoms with E-state index in [1.807, 2.05) is 0 Å². The molecule has 4 nitrogen and oxygen atoms in total. The average molecular weight is 317 g/mol. The Hall–Kier alpha value is -0.230. The molecule has 0 heterocycles. The Bertz CT molecular complexity index is 335. The minimum absolute atomic E-state index is 0.270. The number of ether oxygens (including phenoxy) is 1. The second-order valence-electron chi connectivity index (χ2n) is 6.25. The van der Waals surface area contributed by atoms with E-state index in [4.69, 9.17) is 4.74 Å². The molecule has 0 saturated heterocycles. The number of nitrogens with one attached hydrogen (secondary N) is 1. The lowest BCUT2D eigenvalue weighted by atomic mass is 9.85. The Kier molecular flexibility index (Phi) is 9.40. The average Bonchev–Trinajstić information content (AvgIpc) is 2.45. The van der Waals surface area contributed by atoms with Crippen LogP contribution in [0.4, 0.5) is 0 Å². The molecule has 1 aliphatic carbocycles. The molecule has 0 bridgehead atoms. The van der Waals surface area contributed by atoms with Crippen LogP contribution in [0.15, 0.2) is 12.2 Å². The van der Waals surface area contributed by atoms with E-state index in [9.17, 15) is 9.32 Å². The third-order valence-electron chi connectivity index (χ3n) is 4.10. The molecule has 0 fully saturated rings. The topological polar surface area (TPSA) is 58.6 Å². The standard InChI is InChI=1S/C16H31NO3S/c1-13-6-4-5-7-15(13)11-20-12-16(18)10-17-14(2)8-9-21(3)19/h4-5,13-18H,6-12H2,1-3H3. The van der Waals surface area contributed by atoms with Crippen LogP contribution < -0.4 is 5.32 Å². The van der Waals surface area contributed by atoms with Crippen molar-refractivity contribution in [2.45, 2.75) is 45.3 Å². The van der Waals surface area contributed by atoms with E-state index in [0.29, 0.717) is 30.7 Å². The molecule has 1 aliphatic rings. The monoisotopic (exact) mass is 317 g/mol. The van der Waals surface area contributed by atoms with Crippen LogP contribution in [0.25, 0.3) is 0 Å². The highest BCUT2D eigenvalue weighted by Crippen LogP contribution is 2.24. The summed E-state index contributed by atoms with van der Waals surface area (Å²) in [5, 5.41) is 13.2. The van der Waals surface area contributed by atoms with E-state index in [1.54, 1.807) is 6.26 Å². The van der Waals surface area contributed by atoms with Gasteiger partial charge in [-0.25, -0.2) is 0 Å². The van der Waals surface area contributed by atoms with Gasteiger partial charge in [0.1, 0.15) is 0 Å². The fraction of sp³-hybridized carbons (Fsp3) is 0.875. The highest BCUT2D eigenvalue weighted by atomic mass is 32.2. The number of hydrogen-bond donors (Lipinski definition) is 2. The Balaban J connectivity index is 2.06. The number of aliphatic hydroxyl groups is 1. The molecule has 0 aliphatic heterocycles. The molecule has 5 unspecified atom stereocenters. The molecule has 0 spiro atoms. The molecule has 0 aromatic carbocycles. The summed E-state index contributed by atoms with van der Waals surface area (Å²) in [5.74, 6) is 1.95. The van der Waals surface area contributed by atoms with Crippen molar-refractivity contribution in [3.63, 3.8) is 0 Å². The fourth-order valence-electron chi connectivity index (χ4n) is 2.44. The summed E-state index contributed by atoms with van der Waals surface area (Å²) in [6, 6.07) is 0.270. The van der Waals surface area contributed by atoms with Crippen molar-refractivity contribution in [3.8, 4) is 0 Å². The maximum atomic E-state index is 11.0. The van der Waals surface area contributed by atoms with Crippen molar-refractivity contribution in [2.75, 3.05) is 31.8 Å². The van der Waals surface area contributed by atoms with E-state index in [0.717, 1.165) is 25.9 Å². The van der Waals surface area contributed by atoms with E-state index in [-0.39, 0.29) is 6.04 Å². The van der Waals surface area contributed by atoms with Crippen molar-refractivity contribution in [3.05, 3.63) is 12.2 Å². The maximum Gasteiger partial charge on any atom is 0.0897 e. The zero-order valence-electron chi connectivity index (χ0n) is 13.6. The molecular weight excluding hydrogens is 286 g/mol. The largest absolute Gasteiger partial charge is 0.389 e. The molecule has 0 aromatic heterocycles. The minimum Gasteiger partial charge on any atom is -0.389 e. The second kappa shape index (κ2) is 10.5. The Morgan fingerprint density at radius 1 is 1.43 bits per heavy atom. The molecule has 124 valence electrons. The quantitative estimate of drug-likeness (QED) is 0.602. The van der Waals surface area contributed by atoms with Crippen LogP contribution in [0.3, 0.4) is 0 Å². The Labute approximate surface area is 131 Å². The lowest BCUT2D eigenvalue weighted by Gasteiger charge is -2.25. The van der Waals surface area contributed by atoms with Gasteiger partial charge in [-0.2, -0.15) is 0 Å². The summed E-state index contributed by atoms with van der Waals surface area (Å²) < 4.78 is 16.7. The van der Waals surface area contributed by atoms with Crippen LogP contribution in [-0.4, -0.2) is 53.2 Å². The number of rotatable bonds is 10. The van der Waals surface area contributed by atoms with Crippen molar-refractivity contribution in [1.29, 1.82) is 0 Å². The first-order valence-corrected chi connectivity index (χ1v) is 9.66. The van der Waals surface area contributed by atoms with Gasteiger partial charge in [-0.15, -0.1) is 0 Å². The van der Waals surface area contributed by atoms with Gasteiger partial charge in [0.25, 0.3) is 0 Å². The fourth-order valence-corrected chi connectivity index (χ4v) is 3.12. The van der Waals surface area contributed by atoms with Crippen LogP contribution in [0, 0.1) is 11.8 Å². The first kappa shape index (κ1) is 18.8. The molecule has 21 heavy (non-hydrogen) atoms. The van der Waals surface area contributed by atoms with Gasteiger partial charge in [0.05, 0.1) is 19.3 Å². The molecule has 1 rings (SSSR count). The minimum atomic E-state index is -0.744. The summed E-state index contributed by atoms with van der Waals surface area (Å²) in [5.41, 5.74) is 0. The number of allylic oxidation sites excluding steroid dienone is 2. The molecule has 0 saturated carbocycles. The third kappa shape index (κ3) is 8.71. The zero-order valence-corrected chi connectivity index (χ0v) is 14.4. The summed E-state index contributed by atoms with van der Waals surface area (Å²) in [4.78, 5) is 0. The highest BCUT2D eigenvalue weighted by molar-refractivity contribution is 7.84. The van der Waals surface area contributed by atoms with Gasteiger partial charge in [-0.05, 0) is 38.0 Å². The normalized spacial score (nSPS) is 26.5. The SMILES string of the molecule is CC(CCS(C)=O)NCC(O)COCC1CC=CCC1C. The summed E-state index contributed by atoms with van der Waals surface area (Å²) >= 11 is 0. The van der Waals surface area contributed by atoms with Gasteiger partial charge in [-0.3, -0.25) is 4.21 Å². The molecule has 5 heteroatoms. The van der Waals surface area contributed by atoms with Gasteiger partial charge in [0, 0.05) is 35.4 Å². The first-order chi connectivity index (χ1) is 9.99. The summed E-state index contributed by atoms with van der Waals surface area (Å²) in [7, 11) is -0.744. The Morgan fingerprint density at radius 3 is 2.81 bits per heavy atom. The van der Waals surface area contributed by atoms with Gasteiger partial charge in [-0.1, -0.05) is 19.1 Å². The van der Waals surface area contributed by atoms with Crippen molar-refractivity contribution in [1.82, 2.24) is 5.32 Å². The van der Waals surface area contributed by atoms with Crippen LogP contribution in [-0.2, 0) is 15.5 Å². The van der Waals surface area contributed by atoms with Gasteiger partial charge >= 0.3 is 0 Å². The van der Waals surface area contributed by atoms with Gasteiger partial charge < -0.3 is 15.2 Å². The summed E-state index contributed by atoms with van der Waals surface area (Å²) in [6.45, 7) is 5.95. The molecule has 0 amide bonds. The van der Waals surface area contributed by atoms with E-state index in [1.165, 1.54) is 0 Å². The van der Waals surface area contributed by atoms with Crippen molar-refractivity contribution < 1.29 is 14.1 Å². The lowest BCUT2D eigenvalue weighted by Crippen LogP contribution is -2.37. The smallest absolute Gasteiger partial charge is 0.0897 e. The second-order valence-corrected chi connectivity index (χ2v) is 7.80. The van der Waals surface area contributed by atoms with E-state index in [2.05, 4.69) is 31.3 Å². The lowest BCUT2D eigenvalue weighted by molar-refractivity contribution is 0.0120. The first-order valence-electron chi connectivity index (χ1n) is 7.93. The van der Waals surface area contributed by atoms with E-state index < -0.39 is 16.9 Å². The molecule has 0 radical (unpaired) electrons. The highest BCUT2D eigenvalue weighted by Gasteiger charge is 2.18.